The Kier molecular flexibility index (Phi) is 3.14. The summed E-state index contributed by atoms with van der Waals surface area (Å²) in [6, 6.07) is 5.15. The number of halogens is 3. The second kappa shape index (κ2) is 4.39. The summed E-state index contributed by atoms with van der Waals surface area (Å²) in [5.74, 6) is 0.870. The van der Waals surface area contributed by atoms with E-state index in [1.807, 2.05) is 0 Å². The third kappa shape index (κ3) is 2.09. The first-order valence-electron chi connectivity index (χ1n) is 4.05. The Bertz CT molecular complexity index is 464. The van der Waals surface area contributed by atoms with Gasteiger partial charge in [0.05, 0.1) is 21.5 Å². The lowest BCUT2D eigenvalue weighted by molar-refractivity contribution is 0.425. The molecule has 0 saturated carbocycles. The molecule has 3 nitrogen and oxygen atoms in total. The molecule has 2 aromatic rings. The lowest BCUT2D eigenvalue weighted by atomic mass is 10.2. The molecule has 1 heterocycles. The van der Waals surface area contributed by atoms with Gasteiger partial charge in [-0.05, 0) is 12.1 Å². The van der Waals surface area contributed by atoms with E-state index in [0.29, 0.717) is 21.4 Å². The molecule has 15 heavy (non-hydrogen) atoms. The summed E-state index contributed by atoms with van der Waals surface area (Å²) in [7, 11) is 0. The minimum atomic E-state index is 0.186. The van der Waals surface area contributed by atoms with E-state index in [2.05, 4.69) is 10.1 Å². The molecular weight excluding hydrogens is 258 g/mol. The molecule has 0 bridgehead atoms. The molecular formula is C9H5Cl3N2O. The van der Waals surface area contributed by atoms with E-state index in [-0.39, 0.29) is 11.8 Å². The highest BCUT2D eigenvalue weighted by Crippen LogP contribution is 2.33. The number of hydrogen-bond acceptors (Lipinski definition) is 3. The quantitative estimate of drug-likeness (QED) is 0.774. The van der Waals surface area contributed by atoms with Crippen molar-refractivity contribution in [1.82, 2.24) is 10.1 Å². The van der Waals surface area contributed by atoms with Crippen LogP contribution in [0.2, 0.25) is 10.0 Å². The van der Waals surface area contributed by atoms with Crippen LogP contribution in [0, 0.1) is 0 Å². The van der Waals surface area contributed by atoms with Crippen LogP contribution in [-0.2, 0) is 5.88 Å². The van der Waals surface area contributed by atoms with Crippen molar-refractivity contribution in [3.05, 3.63) is 34.1 Å². The third-order valence-electron chi connectivity index (χ3n) is 1.76. The van der Waals surface area contributed by atoms with Crippen molar-refractivity contribution in [3.8, 4) is 11.5 Å². The van der Waals surface area contributed by atoms with Crippen LogP contribution in [0.25, 0.3) is 11.5 Å². The number of alkyl halides is 1. The largest absolute Gasteiger partial charge is 0.334 e. The van der Waals surface area contributed by atoms with Crippen LogP contribution in [0.1, 0.15) is 5.82 Å². The van der Waals surface area contributed by atoms with Crippen LogP contribution in [-0.4, -0.2) is 10.1 Å². The van der Waals surface area contributed by atoms with Gasteiger partial charge in [0, 0.05) is 0 Å². The van der Waals surface area contributed by atoms with Crippen molar-refractivity contribution in [2.45, 2.75) is 5.88 Å². The smallest absolute Gasteiger partial charge is 0.260 e. The Morgan fingerprint density at radius 1 is 1.20 bits per heavy atom. The summed E-state index contributed by atoms with van der Waals surface area (Å²) < 4.78 is 4.99. The van der Waals surface area contributed by atoms with E-state index >= 15 is 0 Å². The monoisotopic (exact) mass is 262 g/mol. The molecule has 1 aromatic carbocycles. The number of aromatic nitrogens is 2. The van der Waals surface area contributed by atoms with Crippen LogP contribution < -0.4 is 0 Å². The van der Waals surface area contributed by atoms with Crippen LogP contribution in [0.4, 0.5) is 0 Å². The van der Waals surface area contributed by atoms with Crippen molar-refractivity contribution >= 4 is 34.8 Å². The summed E-state index contributed by atoms with van der Waals surface area (Å²) in [6.45, 7) is 0. The summed E-state index contributed by atoms with van der Waals surface area (Å²) in [5, 5.41) is 4.59. The zero-order valence-electron chi connectivity index (χ0n) is 7.38. The molecule has 0 fully saturated rings. The van der Waals surface area contributed by atoms with E-state index in [0.717, 1.165) is 0 Å². The van der Waals surface area contributed by atoms with Gasteiger partial charge in [0.25, 0.3) is 5.89 Å². The molecule has 0 aliphatic carbocycles. The van der Waals surface area contributed by atoms with E-state index < -0.39 is 0 Å². The summed E-state index contributed by atoms with van der Waals surface area (Å²) in [6.07, 6.45) is 0. The first-order chi connectivity index (χ1) is 7.22. The summed E-state index contributed by atoms with van der Waals surface area (Å²) >= 11 is 17.5. The molecule has 6 heteroatoms. The molecule has 0 amide bonds. The molecule has 0 radical (unpaired) electrons. The van der Waals surface area contributed by atoms with Crippen molar-refractivity contribution in [1.29, 1.82) is 0 Å². The average molecular weight is 264 g/mol. The maximum absolute atomic E-state index is 5.97. The fourth-order valence-corrected chi connectivity index (χ4v) is 1.78. The SMILES string of the molecule is ClCc1noc(-c2c(Cl)cccc2Cl)n1. The molecule has 1 aromatic heterocycles. The van der Waals surface area contributed by atoms with Gasteiger partial charge in [-0.25, -0.2) is 0 Å². The van der Waals surface area contributed by atoms with Crippen LogP contribution in [0.3, 0.4) is 0 Å². The first kappa shape index (κ1) is 10.7. The Morgan fingerprint density at radius 3 is 2.40 bits per heavy atom. The number of nitrogens with zero attached hydrogens (tertiary/aromatic N) is 2. The standard InChI is InChI=1S/C9H5Cl3N2O/c10-4-7-13-9(15-14-7)8-5(11)2-1-3-6(8)12/h1-3H,4H2. The van der Waals surface area contributed by atoms with Crippen LogP contribution >= 0.6 is 34.8 Å². The van der Waals surface area contributed by atoms with Crippen molar-refractivity contribution in [2.24, 2.45) is 0 Å². The average Bonchev–Trinajstić information content (AvgIpc) is 2.66. The van der Waals surface area contributed by atoms with E-state index in [9.17, 15) is 0 Å². The van der Waals surface area contributed by atoms with Crippen molar-refractivity contribution in [3.63, 3.8) is 0 Å². The topological polar surface area (TPSA) is 38.9 Å². The Morgan fingerprint density at radius 2 is 1.87 bits per heavy atom. The Hall–Kier alpha value is -0.770. The highest BCUT2D eigenvalue weighted by Gasteiger charge is 2.14. The minimum Gasteiger partial charge on any atom is -0.334 e. The Labute approximate surface area is 101 Å². The van der Waals surface area contributed by atoms with Gasteiger partial charge < -0.3 is 4.52 Å². The van der Waals surface area contributed by atoms with Crippen LogP contribution in [0.15, 0.2) is 22.7 Å². The summed E-state index contributed by atoms with van der Waals surface area (Å²) in [5.41, 5.74) is 0.532. The van der Waals surface area contributed by atoms with Gasteiger partial charge in [-0.2, -0.15) is 4.98 Å². The second-order valence-electron chi connectivity index (χ2n) is 2.75. The molecule has 0 aliphatic heterocycles. The van der Waals surface area contributed by atoms with Crippen molar-refractivity contribution in [2.75, 3.05) is 0 Å². The maximum atomic E-state index is 5.97. The molecule has 0 N–H and O–H groups in total. The fourth-order valence-electron chi connectivity index (χ4n) is 1.11. The normalized spacial score (nSPS) is 10.6. The number of hydrogen-bond donors (Lipinski definition) is 0. The maximum Gasteiger partial charge on any atom is 0.260 e. The number of benzene rings is 1. The van der Waals surface area contributed by atoms with Crippen LogP contribution in [0.5, 0.6) is 0 Å². The predicted octanol–water partition coefficient (Wildman–Crippen LogP) is 3.78. The van der Waals surface area contributed by atoms with Crippen molar-refractivity contribution < 1.29 is 4.52 Å². The van der Waals surface area contributed by atoms with Gasteiger partial charge in [0.15, 0.2) is 5.82 Å². The zero-order chi connectivity index (χ0) is 10.8. The molecule has 78 valence electrons. The first-order valence-corrected chi connectivity index (χ1v) is 5.34. The highest BCUT2D eigenvalue weighted by molar-refractivity contribution is 6.38. The van der Waals surface area contributed by atoms with Gasteiger partial charge in [-0.15, -0.1) is 11.6 Å². The molecule has 0 aliphatic rings. The second-order valence-corrected chi connectivity index (χ2v) is 3.83. The Balaban J connectivity index is 2.53. The molecule has 2 rings (SSSR count). The highest BCUT2D eigenvalue weighted by atomic mass is 35.5. The lowest BCUT2D eigenvalue weighted by Crippen LogP contribution is -1.83. The molecule has 0 saturated heterocycles. The molecule has 0 atom stereocenters. The minimum absolute atomic E-state index is 0.186. The van der Waals surface area contributed by atoms with Gasteiger partial charge in [0.2, 0.25) is 0 Å². The molecule has 0 spiro atoms. The third-order valence-corrected chi connectivity index (χ3v) is 2.63. The fraction of sp³-hybridized carbons (Fsp3) is 0.111. The zero-order valence-corrected chi connectivity index (χ0v) is 9.64. The van der Waals surface area contributed by atoms with E-state index in [1.165, 1.54) is 0 Å². The van der Waals surface area contributed by atoms with Gasteiger partial charge >= 0.3 is 0 Å². The molecule has 0 unspecified atom stereocenters. The van der Waals surface area contributed by atoms with Gasteiger partial charge in [0.1, 0.15) is 0 Å². The van der Waals surface area contributed by atoms with E-state index in [4.69, 9.17) is 39.3 Å². The van der Waals surface area contributed by atoms with Gasteiger partial charge in [-0.1, -0.05) is 34.4 Å². The predicted molar refractivity (Wildman–Crippen MR) is 59.3 cm³/mol. The lowest BCUT2D eigenvalue weighted by Gasteiger charge is -1.99. The summed E-state index contributed by atoms with van der Waals surface area (Å²) in [4.78, 5) is 4.04. The van der Waals surface area contributed by atoms with E-state index in [1.54, 1.807) is 18.2 Å². The number of rotatable bonds is 2. The van der Waals surface area contributed by atoms with Gasteiger partial charge in [-0.3, -0.25) is 0 Å².